The summed E-state index contributed by atoms with van der Waals surface area (Å²) < 4.78 is 0. The predicted molar refractivity (Wildman–Crippen MR) is 49.0 cm³/mol. The smallest absolute Gasteiger partial charge is 0.0694 e. The Morgan fingerprint density at radius 2 is 1.31 bits per heavy atom. The van der Waals surface area contributed by atoms with Crippen LogP contribution in [0.5, 0.6) is 0 Å². The van der Waals surface area contributed by atoms with Gasteiger partial charge in [-0.15, -0.1) is 0 Å². The second kappa shape index (κ2) is 3.92. The van der Waals surface area contributed by atoms with Crippen LogP contribution in [-0.2, 0) is 0 Å². The molecule has 0 aromatic carbocycles. The fraction of sp³-hybridized carbons (Fsp3) is 1.00. The molecular formula is C9H18N2O2. The van der Waals surface area contributed by atoms with Gasteiger partial charge >= 0.3 is 0 Å². The van der Waals surface area contributed by atoms with Crippen molar-refractivity contribution in [2.24, 2.45) is 0 Å². The SMILES string of the molecule is OC1CCN(N2CCC(O)C2)CC1. The number of hydrogen-bond acceptors (Lipinski definition) is 4. The van der Waals surface area contributed by atoms with Crippen LogP contribution in [0.15, 0.2) is 0 Å². The molecule has 2 aliphatic heterocycles. The minimum Gasteiger partial charge on any atom is -0.393 e. The van der Waals surface area contributed by atoms with E-state index < -0.39 is 0 Å². The Balaban J connectivity index is 1.81. The maximum absolute atomic E-state index is 9.36. The zero-order valence-electron chi connectivity index (χ0n) is 7.89. The van der Waals surface area contributed by atoms with Gasteiger partial charge in [-0.1, -0.05) is 0 Å². The van der Waals surface area contributed by atoms with Crippen molar-refractivity contribution in [3.05, 3.63) is 0 Å². The molecule has 2 rings (SSSR count). The molecule has 76 valence electrons. The third-order valence-electron chi connectivity index (χ3n) is 2.98. The van der Waals surface area contributed by atoms with Gasteiger partial charge in [0, 0.05) is 26.2 Å². The van der Waals surface area contributed by atoms with E-state index in [9.17, 15) is 10.2 Å². The van der Waals surface area contributed by atoms with Gasteiger partial charge in [0.2, 0.25) is 0 Å². The summed E-state index contributed by atoms with van der Waals surface area (Å²) in [5.41, 5.74) is 0. The Morgan fingerprint density at radius 3 is 1.85 bits per heavy atom. The molecule has 0 radical (unpaired) electrons. The minimum absolute atomic E-state index is 0.108. The predicted octanol–water partition coefficient (Wildman–Crippen LogP) is -0.575. The molecule has 2 N–H and O–H groups in total. The summed E-state index contributed by atoms with van der Waals surface area (Å²) in [5, 5.41) is 23.2. The first kappa shape index (κ1) is 9.40. The summed E-state index contributed by atoms with van der Waals surface area (Å²) in [5.74, 6) is 0. The zero-order valence-corrected chi connectivity index (χ0v) is 7.89. The normalized spacial score (nSPS) is 34.2. The lowest BCUT2D eigenvalue weighted by atomic mass is 10.1. The van der Waals surface area contributed by atoms with Crippen molar-refractivity contribution in [2.45, 2.75) is 31.5 Å². The Bertz CT molecular complexity index is 169. The first-order valence-corrected chi connectivity index (χ1v) is 5.11. The number of aliphatic hydroxyl groups is 2. The van der Waals surface area contributed by atoms with Crippen molar-refractivity contribution < 1.29 is 10.2 Å². The fourth-order valence-corrected chi connectivity index (χ4v) is 2.12. The van der Waals surface area contributed by atoms with Crippen molar-refractivity contribution in [3.63, 3.8) is 0 Å². The minimum atomic E-state index is -0.146. The number of β-amino-alcohol motifs (C(OH)–C–C–N with tert-alkyl or cyclic N) is 1. The van der Waals surface area contributed by atoms with Crippen LogP contribution in [0.4, 0.5) is 0 Å². The third-order valence-corrected chi connectivity index (χ3v) is 2.98. The van der Waals surface area contributed by atoms with E-state index in [4.69, 9.17) is 0 Å². The van der Waals surface area contributed by atoms with Crippen LogP contribution in [-0.4, -0.2) is 58.6 Å². The summed E-state index contributed by atoms with van der Waals surface area (Å²) in [4.78, 5) is 0. The third kappa shape index (κ3) is 2.20. The molecule has 0 spiro atoms. The van der Waals surface area contributed by atoms with Crippen molar-refractivity contribution in [2.75, 3.05) is 26.2 Å². The van der Waals surface area contributed by atoms with E-state index >= 15 is 0 Å². The summed E-state index contributed by atoms with van der Waals surface area (Å²) in [6.07, 6.45) is 2.37. The van der Waals surface area contributed by atoms with Gasteiger partial charge in [0.15, 0.2) is 0 Å². The summed E-state index contributed by atoms with van der Waals surface area (Å²) in [7, 11) is 0. The van der Waals surface area contributed by atoms with Crippen molar-refractivity contribution in [3.8, 4) is 0 Å². The maximum atomic E-state index is 9.36. The van der Waals surface area contributed by atoms with Crippen molar-refractivity contribution in [1.29, 1.82) is 0 Å². The average molecular weight is 186 g/mol. The Morgan fingerprint density at radius 1 is 0.769 bits per heavy atom. The summed E-state index contributed by atoms with van der Waals surface area (Å²) in [6, 6.07) is 0. The first-order valence-electron chi connectivity index (χ1n) is 5.11. The second-order valence-corrected chi connectivity index (χ2v) is 4.04. The van der Waals surface area contributed by atoms with Crippen LogP contribution >= 0.6 is 0 Å². The number of piperidine rings is 1. The van der Waals surface area contributed by atoms with Crippen LogP contribution in [0.3, 0.4) is 0 Å². The molecule has 0 aromatic rings. The van der Waals surface area contributed by atoms with E-state index in [0.29, 0.717) is 0 Å². The fourth-order valence-electron chi connectivity index (χ4n) is 2.12. The molecule has 1 atom stereocenters. The standard InChI is InChI=1S/C9H18N2O2/c12-8-1-4-10(5-2-8)11-6-3-9(13)7-11/h8-9,12-13H,1-7H2. The molecule has 2 fully saturated rings. The van der Waals surface area contributed by atoms with Crippen LogP contribution < -0.4 is 0 Å². The molecule has 0 amide bonds. The lowest BCUT2D eigenvalue weighted by Crippen LogP contribution is -2.47. The highest BCUT2D eigenvalue weighted by atomic mass is 16.3. The summed E-state index contributed by atoms with van der Waals surface area (Å²) in [6.45, 7) is 3.62. The van der Waals surface area contributed by atoms with E-state index in [-0.39, 0.29) is 12.2 Å². The molecule has 0 aromatic heterocycles. The van der Waals surface area contributed by atoms with Gasteiger partial charge in [-0.3, -0.25) is 0 Å². The molecule has 2 saturated heterocycles. The molecule has 0 saturated carbocycles. The van der Waals surface area contributed by atoms with E-state index in [1.165, 1.54) is 0 Å². The number of rotatable bonds is 1. The first-order chi connectivity index (χ1) is 6.25. The number of hydrazine groups is 1. The Labute approximate surface area is 78.7 Å². The van der Waals surface area contributed by atoms with Gasteiger partial charge in [0.25, 0.3) is 0 Å². The summed E-state index contributed by atoms with van der Waals surface area (Å²) >= 11 is 0. The highest BCUT2D eigenvalue weighted by Gasteiger charge is 2.27. The zero-order chi connectivity index (χ0) is 9.26. The lowest BCUT2D eigenvalue weighted by molar-refractivity contribution is -0.0542. The Hall–Kier alpha value is -0.160. The number of nitrogens with zero attached hydrogens (tertiary/aromatic N) is 2. The largest absolute Gasteiger partial charge is 0.393 e. The maximum Gasteiger partial charge on any atom is 0.0694 e. The molecule has 2 heterocycles. The molecule has 2 aliphatic rings. The lowest BCUT2D eigenvalue weighted by Gasteiger charge is -2.36. The van der Waals surface area contributed by atoms with Gasteiger partial charge < -0.3 is 10.2 Å². The topological polar surface area (TPSA) is 46.9 Å². The van der Waals surface area contributed by atoms with Gasteiger partial charge in [-0.05, 0) is 19.3 Å². The highest BCUT2D eigenvalue weighted by molar-refractivity contribution is 4.76. The molecule has 0 aliphatic carbocycles. The van der Waals surface area contributed by atoms with Crippen molar-refractivity contribution in [1.82, 2.24) is 10.0 Å². The number of aliphatic hydroxyl groups excluding tert-OH is 2. The molecular weight excluding hydrogens is 168 g/mol. The van der Waals surface area contributed by atoms with E-state index in [1.807, 2.05) is 0 Å². The molecule has 13 heavy (non-hydrogen) atoms. The van der Waals surface area contributed by atoms with Crippen LogP contribution in [0.1, 0.15) is 19.3 Å². The Kier molecular flexibility index (Phi) is 2.83. The van der Waals surface area contributed by atoms with Crippen molar-refractivity contribution >= 4 is 0 Å². The average Bonchev–Trinajstić information content (AvgIpc) is 2.53. The van der Waals surface area contributed by atoms with Crippen LogP contribution in [0.2, 0.25) is 0 Å². The van der Waals surface area contributed by atoms with Crippen LogP contribution in [0.25, 0.3) is 0 Å². The van der Waals surface area contributed by atoms with E-state index in [0.717, 1.165) is 45.4 Å². The quantitative estimate of drug-likeness (QED) is 0.575. The number of hydrogen-bond donors (Lipinski definition) is 2. The molecule has 1 unspecified atom stereocenters. The van der Waals surface area contributed by atoms with Gasteiger partial charge in [-0.2, -0.15) is 0 Å². The van der Waals surface area contributed by atoms with Gasteiger partial charge in [0.1, 0.15) is 0 Å². The second-order valence-electron chi connectivity index (χ2n) is 4.04. The molecule has 4 nitrogen and oxygen atoms in total. The molecule has 4 heteroatoms. The van der Waals surface area contributed by atoms with Gasteiger partial charge in [0.05, 0.1) is 12.2 Å². The highest BCUT2D eigenvalue weighted by Crippen LogP contribution is 2.17. The molecule has 0 bridgehead atoms. The van der Waals surface area contributed by atoms with E-state index in [2.05, 4.69) is 10.0 Å². The van der Waals surface area contributed by atoms with Crippen LogP contribution in [0, 0.1) is 0 Å². The monoisotopic (exact) mass is 186 g/mol. The van der Waals surface area contributed by atoms with Gasteiger partial charge in [-0.25, -0.2) is 10.0 Å². The van der Waals surface area contributed by atoms with E-state index in [1.54, 1.807) is 0 Å².